The van der Waals surface area contributed by atoms with E-state index in [2.05, 4.69) is 11.9 Å². The normalized spacial score (nSPS) is 13.3. The fourth-order valence-electron chi connectivity index (χ4n) is 1.01. The maximum Gasteiger partial charge on any atom is 0.171 e. The molecule has 0 aliphatic rings. The zero-order chi connectivity index (χ0) is 9.40. The van der Waals surface area contributed by atoms with Crippen LogP contribution in [0.1, 0.15) is 13.3 Å². The summed E-state index contributed by atoms with van der Waals surface area (Å²) in [7, 11) is 3.28. The fourth-order valence-corrected chi connectivity index (χ4v) is 1.01. The second-order valence-corrected chi connectivity index (χ2v) is 2.66. The molecule has 0 aliphatic carbocycles. The van der Waals surface area contributed by atoms with Gasteiger partial charge in [0.1, 0.15) is 0 Å². The molecule has 0 heterocycles. The van der Waals surface area contributed by atoms with E-state index in [1.54, 1.807) is 14.2 Å². The maximum absolute atomic E-state index is 5.08. The first-order valence-corrected chi connectivity index (χ1v) is 4.16. The van der Waals surface area contributed by atoms with Crippen molar-refractivity contribution in [3.63, 3.8) is 0 Å². The Hall–Kier alpha value is -0.380. The average Bonchev–Trinajstić information content (AvgIpc) is 2.07. The lowest BCUT2D eigenvalue weighted by molar-refractivity contribution is -0.119. The summed E-state index contributed by atoms with van der Waals surface area (Å²) < 4.78 is 10.2. The van der Waals surface area contributed by atoms with E-state index in [9.17, 15) is 0 Å². The Balaban J connectivity index is 3.53. The van der Waals surface area contributed by atoms with Crippen LogP contribution in [0.4, 0.5) is 0 Å². The highest BCUT2D eigenvalue weighted by molar-refractivity contribution is 4.71. The molecule has 0 spiro atoms. The standard InChI is InChI=1S/C9H19NO2/c1-5-6-7-10-8(2)9(11-3)12-4/h5,8-10H,1,6-7H2,2-4H3. The molecule has 3 nitrogen and oxygen atoms in total. The van der Waals surface area contributed by atoms with Crippen LogP contribution in [0, 0.1) is 0 Å². The third kappa shape index (κ3) is 4.49. The van der Waals surface area contributed by atoms with Gasteiger partial charge in [-0.05, 0) is 19.9 Å². The van der Waals surface area contributed by atoms with Gasteiger partial charge in [0.05, 0.1) is 6.04 Å². The molecule has 1 N–H and O–H groups in total. The van der Waals surface area contributed by atoms with Gasteiger partial charge in [-0.25, -0.2) is 0 Å². The molecular weight excluding hydrogens is 154 g/mol. The quantitative estimate of drug-likeness (QED) is 0.356. The Morgan fingerprint density at radius 3 is 2.42 bits per heavy atom. The molecule has 0 saturated carbocycles. The minimum absolute atomic E-state index is 0.171. The van der Waals surface area contributed by atoms with Crippen LogP contribution in [-0.2, 0) is 9.47 Å². The Kier molecular flexibility index (Phi) is 7.05. The van der Waals surface area contributed by atoms with Crippen molar-refractivity contribution in [3.8, 4) is 0 Å². The molecule has 0 aliphatic heterocycles. The first-order valence-electron chi connectivity index (χ1n) is 4.16. The van der Waals surface area contributed by atoms with E-state index in [0.717, 1.165) is 13.0 Å². The molecule has 1 atom stereocenters. The van der Waals surface area contributed by atoms with Gasteiger partial charge in [0, 0.05) is 14.2 Å². The molecule has 3 heteroatoms. The highest BCUT2D eigenvalue weighted by atomic mass is 16.7. The second kappa shape index (κ2) is 7.28. The Morgan fingerprint density at radius 2 is 2.00 bits per heavy atom. The predicted octanol–water partition coefficient (Wildman–Crippen LogP) is 1.16. The van der Waals surface area contributed by atoms with E-state index >= 15 is 0 Å². The molecule has 12 heavy (non-hydrogen) atoms. The number of hydrogen-bond acceptors (Lipinski definition) is 3. The summed E-state index contributed by atoms with van der Waals surface area (Å²) in [6.07, 6.45) is 2.67. The Labute approximate surface area is 74.7 Å². The minimum atomic E-state index is -0.171. The zero-order valence-corrected chi connectivity index (χ0v) is 8.17. The molecule has 0 aromatic heterocycles. The number of hydrogen-bond donors (Lipinski definition) is 1. The minimum Gasteiger partial charge on any atom is -0.354 e. The van der Waals surface area contributed by atoms with Gasteiger partial charge in [-0.1, -0.05) is 6.08 Å². The summed E-state index contributed by atoms with van der Waals surface area (Å²) in [5.74, 6) is 0. The number of rotatable bonds is 7. The van der Waals surface area contributed by atoms with Crippen LogP contribution in [0.2, 0.25) is 0 Å². The fraction of sp³-hybridized carbons (Fsp3) is 0.778. The van der Waals surface area contributed by atoms with Gasteiger partial charge in [0.25, 0.3) is 0 Å². The maximum atomic E-state index is 5.08. The predicted molar refractivity (Wildman–Crippen MR) is 50.1 cm³/mol. The monoisotopic (exact) mass is 173 g/mol. The van der Waals surface area contributed by atoms with E-state index < -0.39 is 0 Å². The third-order valence-electron chi connectivity index (χ3n) is 1.69. The topological polar surface area (TPSA) is 30.5 Å². The molecule has 1 unspecified atom stereocenters. The molecule has 72 valence electrons. The van der Waals surface area contributed by atoms with Crippen molar-refractivity contribution in [2.24, 2.45) is 0 Å². The van der Waals surface area contributed by atoms with Crippen molar-refractivity contribution < 1.29 is 9.47 Å². The van der Waals surface area contributed by atoms with E-state index in [-0.39, 0.29) is 12.3 Å². The molecule has 0 bridgehead atoms. The first kappa shape index (κ1) is 11.6. The summed E-state index contributed by atoms with van der Waals surface area (Å²) >= 11 is 0. The van der Waals surface area contributed by atoms with Gasteiger partial charge in [-0.2, -0.15) is 0 Å². The van der Waals surface area contributed by atoms with Crippen molar-refractivity contribution in [2.75, 3.05) is 20.8 Å². The summed E-state index contributed by atoms with van der Waals surface area (Å²) in [5, 5.41) is 3.26. The van der Waals surface area contributed by atoms with Gasteiger partial charge in [0.2, 0.25) is 0 Å². The van der Waals surface area contributed by atoms with Crippen LogP contribution in [0.15, 0.2) is 12.7 Å². The molecule has 0 amide bonds. The largest absolute Gasteiger partial charge is 0.354 e. The summed E-state index contributed by atoms with van der Waals surface area (Å²) in [5.41, 5.74) is 0. The van der Waals surface area contributed by atoms with Crippen LogP contribution in [0.5, 0.6) is 0 Å². The molecule has 0 rings (SSSR count). The Morgan fingerprint density at radius 1 is 1.42 bits per heavy atom. The van der Waals surface area contributed by atoms with Crippen LogP contribution in [0.25, 0.3) is 0 Å². The highest BCUT2D eigenvalue weighted by Crippen LogP contribution is 1.97. The van der Waals surface area contributed by atoms with E-state index in [1.807, 2.05) is 13.0 Å². The molecular formula is C9H19NO2. The van der Waals surface area contributed by atoms with Gasteiger partial charge in [-0.15, -0.1) is 6.58 Å². The van der Waals surface area contributed by atoms with E-state index in [4.69, 9.17) is 9.47 Å². The van der Waals surface area contributed by atoms with Crippen molar-refractivity contribution in [2.45, 2.75) is 25.7 Å². The van der Waals surface area contributed by atoms with Crippen LogP contribution in [-0.4, -0.2) is 33.1 Å². The summed E-state index contributed by atoms with van der Waals surface area (Å²) in [6, 6.07) is 0.208. The molecule has 0 saturated heterocycles. The van der Waals surface area contributed by atoms with E-state index in [1.165, 1.54) is 0 Å². The lowest BCUT2D eigenvalue weighted by atomic mass is 10.3. The second-order valence-electron chi connectivity index (χ2n) is 2.66. The van der Waals surface area contributed by atoms with Gasteiger partial charge >= 0.3 is 0 Å². The highest BCUT2D eigenvalue weighted by Gasteiger charge is 2.13. The molecule has 0 fully saturated rings. The SMILES string of the molecule is C=CCCNC(C)C(OC)OC. The van der Waals surface area contributed by atoms with Crippen molar-refractivity contribution >= 4 is 0 Å². The molecule has 0 aromatic carbocycles. The summed E-state index contributed by atoms with van der Waals surface area (Å²) in [6.45, 7) is 6.58. The number of ether oxygens (including phenoxy) is 2. The number of methoxy groups -OCH3 is 2. The van der Waals surface area contributed by atoms with Crippen LogP contribution < -0.4 is 5.32 Å². The lowest BCUT2D eigenvalue weighted by Gasteiger charge is -2.21. The Bertz CT molecular complexity index is 113. The van der Waals surface area contributed by atoms with Gasteiger partial charge in [-0.3, -0.25) is 0 Å². The van der Waals surface area contributed by atoms with Crippen molar-refractivity contribution in [1.82, 2.24) is 5.32 Å². The van der Waals surface area contributed by atoms with E-state index in [0.29, 0.717) is 0 Å². The molecule has 0 radical (unpaired) electrons. The third-order valence-corrected chi connectivity index (χ3v) is 1.69. The first-order chi connectivity index (χ1) is 5.76. The van der Waals surface area contributed by atoms with Crippen molar-refractivity contribution in [3.05, 3.63) is 12.7 Å². The molecule has 0 aromatic rings. The van der Waals surface area contributed by atoms with Gasteiger partial charge in [0.15, 0.2) is 6.29 Å². The lowest BCUT2D eigenvalue weighted by Crippen LogP contribution is -2.39. The van der Waals surface area contributed by atoms with Crippen molar-refractivity contribution in [1.29, 1.82) is 0 Å². The zero-order valence-electron chi connectivity index (χ0n) is 8.17. The van der Waals surface area contributed by atoms with Crippen LogP contribution >= 0.6 is 0 Å². The van der Waals surface area contributed by atoms with Crippen LogP contribution in [0.3, 0.4) is 0 Å². The smallest absolute Gasteiger partial charge is 0.171 e. The average molecular weight is 173 g/mol. The number of nitrogens with one attached hydrogen (secondary N) is 1. The summed E-state index contributed by atoms with van der Waals surface area (Å²) in [4.78, 5) is 0. The van der Waals surface area contributed by atoms with Gasteiger partial charge < -0.3 is 14.8 Å².